The number of carbonyl (C=O) groups is 1. The third kappa shape index (κ3) is 2.99. The van der Waals surface area contributed by atoms with E-state index in [1.165, 1.54) is 6.07 Å². The zero-order valence-electron chi connectivity index (χ0n) is 13.4. The summed E-state index contributed by atoms with van der Waals surface area (Å²) in [6.07, 6.45) is 0. The van der Waals surface area contributed by atoms with E-state index in [4.69, 9.17) is 10.2 Å². The zero-order chi connectivity index (χ0) is 17.3. The number of benzene rings is 1. The van der Waals surface area contributed by atoms with Crippen LogP contribution >= 0.6 is 0 Å². The highest BCUT2D eigenvalue weighted by molar-refractivity contribution is 5.93. The molecule has 0 bridgehead atoms. The Morgan fingerprint density at radius 1 is 1.21 bits per heavy atom. The molecular formula is C18H17N3O3. The molecule has 3 aromatic rings. The minimum atomic E-state index is -0.469. The number of likely N-dealkylation sites (N-methyl/N-ethyl adjacent to an activating group) is 1. The van der Waals surface area contributed by atoms with E-state index in [0.717, 1.165) is 22.1 Å². The summed E-state index contributed by atoms with van der Waals surface area (Å²) in [5.74, 6) is 0.0425. The van der Waals surface area contributed by atoms with Gasteiger partial charge in [0.05, 0.1) is 6.54 Å². The van der Waals surface area contributed by atoms with Crippen molar-refractivity contribution < 1.29 is 9.21 Å². The van der Waals surface area contributed by atoms with Gasteiger partial charge in [0.25, 0.3) is 0 Å². The number of aryl methyl sites for hydroxylation is 1. The van der Waals surface area contributed by atoms with Crippen LogP contribution in [0.5, 0.6) is 0 Å². The molecule has 0 saturated heterocycles. The molecular weight excluding hydrogens is 306 g/mol. The number of amides is 1. The van der Waals surface area contributed by atoms with Crippen molar-refractivity contribution in [1.29, 1.82) is 0 Å². The van der Waals surface area contributed by atoms with E-state index in [-0.39, 0.29) is 12.3 Å². The molecule has 0 atom stereocenters. The Morgan fingerprint density at radius 2 is 1.96 bits per heavy atom. The average Bonchev–Trinajstić information content (AvgIpc) is 2.53. The molecule has 0 radical (unpaired) electrons. The van der Waals surface area contributed by atoms with Gasteiger partial charge in [0, 0.05) is 24.1 Å². The van der Waals surface area contributed by atoms with Crippen LogP contribution in [0, 0.1) is 6.92 Å². The highest BCUT2D eigenvalue weighted by atomic mass is 16.4. The molecule has 1 amide bonds. The van der Waals surface area contributed by atoms with Gasteiger partial charge >= 0.3 is 5.63 Å². The fraction of sp³-hybridized carbons (Fsp3) is 0.167. The van der Waals surface area contributed by atoms with Gasteiger partial charge in [-0.15, -0.1) is 0 Å². The van der Waals surface area contributed by atoms with Crippen molar-refractivity contribution in [1.82, 2.24) is 4.98 Å². The van der Waals surface area contributed by atoms with Crippen LogP contribution in [0.15, 0.2) is 51.7 Å². The monoisotopic (exact) mass is 323 g/mol. The Bertz CT molecular complexity index is 979. The molecule has 0 aliphatic heterocycles. The van der Waals surface area contributed by atoms with Crippen LogP contribution in [0.1, 0.15) is 5.56 Å². The van der Waals surface area contributed by atoms with Gasteiger partial charge < -0.3 is 15.1 Å². The summed E-state index contributed by atoms with van der Waals surface area (Å²) in [4.78, 5) is 29.0. The molecule has 0 aliphatic rings. The first-order chi connectivity index (χ1) is 11.5. The van der Waals surface area contributed by atoms with Crippen LogP contribution in [-0.4, -0.2) is 24.5 Å². The van der Waals surface area contributed by atoms with Crippen molar-refractivity contribution in [3.63, 3.8) is 0 Å². The number of anilines is 1. The van der Waals surface area contributed by atoms with E-state index in [1.807, 2.05) is 37.3 Å². The van der Waals surface area contributed by atoms with Gasteiger partial charge in [-0.3, -0.25) is 4.79 Å². The summed E-state index contributed by atoms with van der Waals surface area (Å²) >= 11 is 0. The second-order valence-corrected chi connectivity index (χ2v) is 5.64. The molecule has 0 aliphatic carbocycles. The summed E-state index contributed by atoms with van der Waals surface area (Å²) in [7, 11) is 1.70. The molecule has 0 spiro atoms. The molecule has 1 aromatic carbocycles. The number of fused-ring (bicyclic) bond motifs is 1. The van der Waals surface area contributed by atoms with Crippen LogP contribution in [0.4, 0.5) is 5.82 Å². The SMILES string of the molecule is Cc1ccccc1-c1cc(=O)oc2nc(N(C)CC(N)=O)ccc12. The summed E-state index contributed by atoms with van der Waals surface area (Å²) in [5.41, 5.74) is 7.75. The van der Waals surface area contributed by atoms with E-state index < -0.39 is 11.5 Å². The first kappa shape index (κ1) is 15.7. The Hall–Kier alpha value is -3.15. The molecule has 3 rings (SSSR count). The summed E-state index contributed by atoms with van der Waals surface area (Å²) in [6, 6.07) is 12.9. The lowest BCUT2D eigenvalue weighted by Crippen LogP contribution is -2.31. The number of hydrogen-bond acceptors (Lipinski definition) is 5. The van der Waals surface area contributed by atoms with Gasteiger partial charge in [0.1, 0.15) is 5.82 Å². The predicted octanol–water partition coefficient (Wildman–Crippen LogP) is 2.08. The smallest absolute Gasteiger partial charge is 0.338 e. The van der Waals surface area contributed by atoms with Gasteiger partial charge in [-0.05, 0) is 30.2 Å². The third-order valence-electron chi connectivity index (χ3n) is 3.81. The molecule has 0 fully saturated rings. The van der Waals surface area contributed by atoms with E-state index in [0.29, 0.717) is 5.82 Å². The predicted molar refractivity (Wildman–Crippen MR) is 92.9 cm³/mol. The fourth-order valence-electron chi connectivity index (χ4n) is 2.66. The molecule has 24 heavy (non-hydrogen) atoms. The lowest BCUT2D eigenvalue weighted by atomic mass is 9.99. The summed E-state index contributed by atoms with van der Waals surface area (Å²) < 4.78 is 5.25. The van der Waals surface area contributed by atoms with Crippen LogP contribution in [0.3, 0.4) is 0 Å². The minimum Gasteiger partial charge on any atom is -0.404 e. The number of nitrogens with zero attached hydrogens (tertiary/aromatic N) is 2. The quantitative estimate of drug-likeness (QED) is 0.794. The largest absolute Gasteiger partial charge is 0.404 e. The highest BCUT2D eigenvalue weighted by Crippen LogP contribution is 2.29. The maximum atomic E-state index is 12.0. The number of nitrogens with two attached hydrogens (primary N) is 1. The van der Waals surface area contributed by atoms with Crippen molar-refractivity contribution in [3.8, 4) is 11.1 Å². The van der Waals surface area contributed by atoms with Gasteiger partial charge in [0.2, 0.25) is 11.6 Å². The summed E-state index contributed by atoms with van der Waals surface area (Å²) in [6.45, 7) is 2.01. The van der Waals surface area contributed by atoms with Crippen molar-refractivity contribution in [3.05, 3.63) is 58.4 Å². The van der Waals surface area contributed by atoms with Crippen LogP contribution in [0.25, 0.3) is 22.2 Å². The molecule has 6 nitrogen and oxygen atoms in total. The number of carbonyl (C=O) groups excluding carboxylic acids is 1. The number of pyridine rings is 1. The molecule has 0 unspecified atom stereocenters. The van der Waals surface area contributed by atoms with Gasteiger partial charge in [-0.1, -0.05) is 24.3 Å². The number of rotatable bonds is 4. The zero-order valence-corrected chi connectivity index (χ0v) is 13.4. The van der Waals surface area contributed by atoms with Crippen molar-refractivity contribution in [2.75, 3.05) is 18.5 Å². The fourth-order valence-corrected chi connectivity index (χ4v) is 2.66. The number of primary amides is 1. The first-order valence-electron chi connectivity index (χ1n) is 7.46. The molecule has 2 N–H and O–H groups in total. The molecule has 6 heteroatoms. The van der Waals surface area contributed by atoms with Crippen molar-refractivity contribution >= 4 is 22.8 Å². The van der Waals surface area contributed by atoms with E-state index in [2.05, 4.69) is 4.98 Å². The number of aromatic nitrogens is 1. The lowest BCUT2D eigenvalue weighted by Gasteiger charge is -2.16. The van der Waals surface area contributed by atoms with E-state index in [1.54, 1.807) is 18.0 Å². The Labute approximate surface area is 138 Å². The van der Waals surface area contributed by atoms with Crippen molar-refractivity contribution in [2.45, 2.75) is 6.92 Å². The second kappa shape index (κ2) is 6.16. The van der Waals surface area contributed by atoms with Gasteiger partial charge in [0.15, 0.2) is 0 Å². The lowest BCUT2D eigenvalue weighted by molar-refractivity contribution is -0.116. The molecule has 122 valence electrons. The van der Waals surface area contributed by atoms with Gasteiger partial charge in [-0.2, -0.15) is 4.98 Å². The standard InChI is InChI=1S/C18H17N3O3/c1-11-5-3-4-6-12(11)14-9-17(23)24-18-13(14)7-8-16(20-18)21(2)10-15(19)22/h3-9H,10H2,1-2H3,(H2,19,22). The minimum absolute atomic E-state index is 0.0280. The Kier molecular flexibility index (Phi) is 4.04. The normalized spacial score (nSPS) is 10.8. The first-order valence-corrected chi connectivity index (χ1v) is 7.46. The number of hydrogen-bond donors (Lipinski definition) is 1. The maximum Gasteiger partial charge on any atom is 0.338 e. The highest BCUT2D eigenvalue weighted by Gasteiger charge is 2.13. The summed E-state index contributed by atoms with van der Waals surface area (Å²) in [5, 5.41) is 0.736. The maximum absolute atomic E-state index is 12.0. The Morgan fingerprint density at radius 3 is 2.67 bits per heavy atom. The van der Waals surface area contributed by atoms with Crippen LogP contribution in [-0.2, 0) is 4.79 Å². The van der Waals surface area contributed by atoms with Crippen LogP contribution in [0.2, 0.25) is 0 Å². The van der Waals surface area contributed by atoms with E-state index in [9.17, 15) is 9.59 Å². The molecule has 2 heterocycles. The average molecular weight is 323 g/mol. The molecule has 2 aromatic heterocycles. The topological polar surface area (TPSA) is 89.4 Å². The van der Waals surface area contributed by atoms with Gasteiger partial charge in [-0.25, -0.2) is 4.79 Å². The van der Waals surface area contributed by atoms with Crippen LogP contribution < -0.4 is 16.3 Å². The van der Waals surface area contributed by atoms with Crippen molar-refractivity contribution in [2.24, 2.45) is 5.73 Å². The van der Waals surface area contributed by atoms with E-state index >= 15 is 0 Å². The Balaban J connectivity index is 2.18. The third-order valence-corrected chi connectivity index (χ3v) is 3.81. The second-order valence-electron chi connectivity index (χ2n) is 5.64. The molecule has 0 saturated carbocycles.